The molecule has 0 bridgehead atoms. The van der Waals surface area contributed by atoms with Gasteiger partial charge in [-0.2, -0.15) is 0 Å². The Kier molecular flexibility index (Phi) is 3.56. The normalized spacial score (nSPS) is 21.2. The number of sulfonamides is 1. The summed E-state index contributed by atoms with van der Waals surface area (Å²) in [6.07, 6.45) is 1.14. The molecule has 1 aromatic rings. The Morgan fingerprint density at radius 1 is 1.25 bits per heavy atom. The third-order valence-corrected chi connectivity index (χ3v) is 5.48. The van der Waals surface area contributed by atoms with Crippen molar-refractivity contribution in [3.05, 3.63) is 35.3 Å². The van der Waals surface area contributed by atoms with Crippen LogP contribution in [-0.4, -0.2) is 28.6 Å². The first-order valence-corrected chi connectivity index (χ1v) is 8.48. The predicted octanol–water partition coefficient (Wildman–Crippen LogP) is 0.136. The minimum atomic E-state index is -4.35. The zero-order valence-corrected chi connectivity index (χ0v) is 11.5. The predicted molar refractivity (Wildman–Crippen MR) is 67.8 cm³/mol. The number of rotatable bonds is 3. The van der Waals surface area contributed by atoms with E-state index in [1.165, 1.54) is 0 Å². The van der Waals surface area contributed by atoms with Crippen molar-refractivity contribution in [2.45, 2.75) is 10.9 Å². The largest absolute Gasteiger partial charge is 0.396 e. The van der Waals surface area contributed by atoms with Crippen LogP contribution in [0, 0.1) is 11.6 Å². The van der Waals surface area contributed by atoms with Gasteiger partial charge in [-0.15, -0.1) is 0 Å². The fourth-order valence-corrected chi connectivity index (χ4v) is 4.29. The smallest absolute Gasteiger partial charge is 0.244 e. The fourth-order valence-electron chi connectivity index (χ4n) is 1.66. The van der Waals surface area contributed by atoms with Gasteiger partial charge in [0.05, 0.1) is 17.5 Å². The first-order valence-electron chi connectivity index (χ1n) is 5.28. The van der Waals surface area contributed by atoms with E-state index in [0.29, 0.717) is 12.1 Å². The molecule has 10 heteroatoms. The lowest BCUT2D eigenvalue weighted by molar-refractivity contribution is 0.542. The molecule has 3 N–H and O–H groups in total. The summed E-state index contributed by atoms with van der Waals surface area (Å²) in [6.45, 7) is 0. The number of hydrogen-bond donors (Lipinski definition) is 2. The van der Waals surface area contributed by atoms with Crippen molar-refractivity contribution in [3.8, 4) is 0 Å². The number of sulfone groups is 1. The zero-order chi connectivity index (χ0) is 15.1. The SMILES string of the molecule is Nc1cc(S(=O)(=O)NC2C=CS(=O)(=O)C2)c(F)cc1F. The van der Waals surface area contributed by atoms with Gasteiger partial charge in [0.15, 0.2) is 9.84 Å². The highest BCUT2D eigenvalue weighted by Gasteiger charge is 2.28. The highest BCUT2D eigenvalue weighted by atomic mass is 32.2. The van der Waals surface area contributed by atoms with Crippen molar-refractivity contribution in [3.63, 3.8) is 0 Å². The molecule has 1 aromatic carbocycles. The first kappa shape index (κ1) is 14.9. The lowest BCUT2D eigenvalue weighted by Crippen LogP contribution is -2.36. The van der Waals surface area contributed by atoms with Crippen LogP contribution in [0.2, 0.25) is 0 Å². The van der Waals surface area contributed by atoms with Crippen LogP contribution in [0.25, 0.3) is 0 Å². The molecule has 1 unspecified atom stereocenters. The molecule has 2 rings (SSSR count). The molecule has 0 aliphatic carbocycles. The van der Waals surface area contributed by atoms with Gasteiger partial charge in [-0.25, -0.2) is 30.3 Å². The monoisotopic (exact) mass is 324 g/mol. The molecule has 1 aliphatic rings. The van der Waals surface area contributed by atoms with Crippen LogP contribution >= 0.6 is 0 Å². The molecule has 0 amide bonds. The average molecular weight is 324 g/mol. The fraction of sp³-hybridized carbons (Fsp3) is 0.200. The lowest BCUT2D eigenvalue weighted by atomic mass is 10.3. The van der Waals surface area contributed by atoms with E-state index < -0.39 is 53.9 Å². The average Bonchev–Trinajstić information content (AvgIpc) is 2.62. The van der Waals surface area contributed by atoms with E-state index in [0.717, 1.165) is 11.5 Å². The van der Waals surface area contributed by atoms with E-state index in [1.807, 2.05) is 4.72 Å². The van der Waals surface area contributed by atoms with Crippen LogP contribution in [0.1, 0.15) is 0 Å². The van der Waals surface area contributed by atoms with Gasteiger partial charge in [-0.3, -0.25) is 0 Å². The summed E-state index contributed by atoms with van der Waals surface area (Å²) >= 11 is 0. The van der Waals surface area contributed by atoms with Gasteiger partial charge >= 0.3 is 0 Å². The van der Waals surface area contributed by atoms with Crippen LogP contribution in [0.3, 0.4) is 0 Å². The summed E-state index contributed by atoms with van der Waals surface area (Å²) in [6, 6.07) is -0.0126. The molecule has 0 spiro atoms. The van der Waals surface area contributed by atoms with E-state index in [1.54, 1.807) is 0 Å². The van der Waals surface area contributed by atoms with Crippen molar-refractivity contribution in [1.82, 2.24) is 4.72 Å². The van der Waals surface area contributed by atoms with E-state index in [9.17, 15) is 25.6 Å². The third kappa shape index (κ3) is 2.97. The van der Waals surface area contributed by atoms with Gasteiger partial charge in [-0.05, 0) is 6.07 Å². The molecule has 1 heterocycles. The zero-order valence-electron chi connectivity index (χ0n) is 9.88. The van der Waals surface area contributed by atoms with E-state index in [4.69, 9.17) is 5.73 Å². The van der Waals surface area contributed by atoms with Crippen LogP contribution in [0.15, 0.2) is 28.5 Å². The Morgan fingerprint density at radius 3 is 2.45 bits per heavy atom. The van der Waals surface area contributed by atoms with Crippen molar-refractivity contribution in [1.29, 1.82) is 0 Å². The molecule has 110 valence electrons. The molecule has 0 saturated carbocycles. The van der Waals surface area contributed by atoms with Crippen molar-refractivity contribution in [2.75, 3.05) is 11.5 Å². The van der Waals surface area contributed by atoms with Gasteiger partial charge < -0.3 is 5.73 Å². The van der Waals surface area contributed by atoms with Crippen LogP contribution in [0.5, 0.6) is 0 Å². The standard InChI is InChI=1S/C10H10F2N2O4S2/c11-7-3-8(12)10(4-9(7)13)20(17,18)14-6-1-2-19(15,16)5-6/h1-4,6,14H,5,13H2. The Morgan fingerprint density at radius 2 is 1.90 bits per heavy atom. The number of anilines is 1. The quantitative estimate of drug-likeness (QED) is 0.769. The highest BCUT2D eigenvalue weighted by molar-refractivity contribution is 7.94. The third-order valence-electron chi connectivity index (χ3n) is 2.58. The summed E-state index contributed by atoms with van der Waals surface area (Å²) in [4.78, 5) is -0.839. The maximum absolute atomic E-state index is 13.5. The molecule has 20 heavy (non-hydrogen) atoms. The van der Waals surface area contributed by atoms with Crippen LogP contribution in [0.4, 0.5) is 14.5 Å². The molecule has 0 saturated heterocycles. The summed E-state index contributed by atoms with van der Waals surface area (Å²) in [7, 11) is -7.81. The molecule has 6 nitrogen and oxygen atoms in total. The lowest BCUT2D eigenvalue weighted by Gasteiger charge is -2.12. The maximum atomic E-state index is 13.5. The highest BCUT2D eigenvalue weighted by Crippen LogP contribution is 2.22. The molecule has 1 atom stereocenters. The number of nitrogen functional groups attached to an aromatic ring is 1. The molecule has 0 radical (unpaired) electrons. The van der Waals surface area contributed by atoms with Gasteiger partial charge in [0.2, 0.25) is 10.0 Å². The Labute approximate surface area is 114 Å². The number of halogens is 2. The van der Waals surface area contributed by atoms with Crippen molar-refractivity contribution in [2.24, 2.45) is 0 Å². The number of nitrogens with two attached hydrogens (primary N) is 1. The molecule has 1 aliphatic heterocycles. The number of nitrogens with one attached hydrogen (secondary N) is 1. The van der Waals surface area contributed by atoms with Crippen LogP contribution in [-0.2, 0) is 19.9 Å². The van der Waals surface area contributed by atoms with Gasteiger partial charge in [-0.1, -0.05) is 6.08 Å². The number of benzene rings is 1. The summed E-state index contributed by atoms with van der Waals surface area (Å²) in [5.74, 6) is -2.84. The van der Waals surface area contributed by atoms with E-state index in [-0.39, 0.29) is 0 Å². The molecular weight excluding hydrogens is 314 g/mol. The second kappa shape index (κ2) is 4.79. The molecule has 0 fully saturated rings. The van der Waals surface area contributed by atoms with E-state index in [2.05, 4.69) is 0 Å². The second-order valence-corrected chi connectivity index (χ2v) is 7.80. The summed E-state index contributed by atoms with van der Waals surface area (Å²) < 4.78 is 74.7. The van der Waals surface area contributed by atoms with Gasteiger partial charge in [0, 0.05) is 11.5 Å². The summed E-state index contributed by atoms with van der Waals surface area (Å²) in [5.41, 5.74) is 4.67. The topological polar surface area (TPSA) is 106 Å². The van der Waals surface area contributed by atoms with Crippen molar-refractivity contribution >= 4 is 25.5 Å². The number of hydrogen-bond acceptors (Lipinski definition) is 5. The summed E-state index contributed by atoms with van der Waals surface area (Å²) in [5, 5.41) is 0.871. The molecular formula is C10H10F2N2O4S2. The molecule has 0 aromatic heterocycles. The minimum absolute atomic E-state index is 0.352. The first-order chi connectivity index (χ1) is 9.11. The van der Waals surface area contributed by atoms with Crippen LogP contribution < -0.4 is 10.5 Å². The van der Waals surface area contributed by atoms with Gasteiger partial charge in [0.1, 0.15) is 16.5 Å². The Hall–Kier alpha value is -1.52. The van der Waals surface area contributed by atoms with Gasteiger partial charge in [0.25, 0.3) is 0 Å². The minimum Gasteiger partial charge on any atom is -0.396 e. The maximum Gasteiger partial charge on any atom is 0.244 e. The van der Waals surface area contributed by atoms with Crippen molar-refractivity contribution < 1.29 is 25.6 Å². The Balaban J connectivity index is 2.33. The second-order valence-electron chi connectivity index (χ2n) is 4.19. The van der Waals surface area contributed by atoms with E-state index >= 15 is 0 Å². The Bertz CT molecular complexity index is 788.